The van der Waals surface area contributed by atoms with Gasteiger partial charge in [-0.25, -0.2) is 4.98 Å². The Bertz CT molecular complexity index is 953. The molecule has 2 aromatic heterocycles. The minimum atomic E-state index is -0.262. The van der Waals surface area contributed by atoms with Crippen LogP contribution in [0.1, 0.15) is 36.1 Å². The highest BCUT2D eigenvalue weighted by Crippen LogP contribution is 2.20. The van der Waals surface area contributed by atoms with Crippen molar-refractivity contribution < 1.29 is 4.79 Å². The van der Waals surface area contributed by atoms with Crippen molar-refractivity contribution in [3.63, 3.8) is 0 Å². The number of carbonyl (C=O) groups is 1. The topological polar surface area (TPSA) is 109 Å². The number of benzene rings is 1. The first-order valence-electron chi connectivity index (χ1n) is 7.85. The summed E-state index contributed by atoms with van der Waals surface area (Å²) in [7, 11) is 0. The Morgan fingerprint density at radius 3 is 2.80 bits per heavy atom. The smallest absolute Gasteiger partial charge is 0.253 e. The van der Waals surface area contributed by atoms with Crippen LogP contribution in [0.4, 0.5) is 5.82 Å². The summed E-state index contributed by atoms with van der Waals surface area (Å²) in [4.78, 5) is 23.5. The molecule has 0 atom stereocenters. The molecule has 25 heavy (non-hydrogen) atoms. The summed E-state index contributed by atoms with van der Waals surface area (Å²) in [6.45, 7) is 4.47. The standard InChI is InChI=1S/C17H17N7O/c1-11(2)24-14-6-4-3-5-13(14)21-16(24)10-20-17(25)12-7-8-15(19-9-12)22-23-18/h3-9,11H,10H2,1-2H3,(H,20,25). The van der Waals surface area contributed by atoms with Crippen LogP contribution < -0.4 is 5.32 Å². The molecule has 0 saturated carbocycles. The monoisotopic (exact) mass is 335 g/mol. The van der Waals surface area contributed by atoms with Gasteiger partial charge in [0.1, 0.15) is 11.6 Å². The van der Waals surface area contributed by atoms with Crippen molar-refractivity contribution in [1.82, 2.24) is 19.9 Å². The highest BCUT2D eigenvalue weighted by Gasteiger charge is 2.14. The van der Waals surface area contributed by atoms with Crippen molar-refractivity contribution in [2.24, 2.45) is 5.11 Å². The van der Waals surface area contributed by atoms with Gasteiger partial charge in [0.25, 0.3) is 5.91 Å². The summed E-state index contributed by atoms with van der Waals surface area (Å²) in [6.07, 6.45) is 1.38. The third-order valence-corrected chi connectivity index (χ3v) is 3.75. The van der Waals surface area contributed by atoms with Gasteiger partial charge in [0.15, 0.2) is 0 Å². The molecule has 8 nitrogen and oxygen atoms in total. The molecular weight excluding hydrogens is 318 g/mol. The van der Waals surface area contributed by atoms with Gasteiger partial charge in [0.2, 0.25) is 0 Å². The summed E-state index contributed by atoms with van der Waals surface area (Å²) < 4.78 is 2.11. The maximum Gasteiger partial charge on any atom is 0.253 e. The molecule has 0 saturated heterocycles. The number of rotatable bonds is 5. The number of amides is 1. The molecule has 3 aromatic rings. The van der Waals surface area contributed by atoms with Crippen molar-refractivity contribution in [2.75, 3.05) is 0 Å². The molecule has 8 heteroatoms. The van der Waals surface area contributed by atoms with E-state index in [2.05, 4.69) is 43.7 Å². The lowest BCUT2D eigenvalue weighted by Gasteiger charge is -2.13. The van der Waals surface area contributed by atoms with Crippen LogP contribution in [0.2, 0.25) is 0 Å². The average molecular weight is 335 g/mol. The lowest BCUT2D eigenvalue weighted by atomic mass is 10.2. The van der Waals surface area contributed by atoms with Crippen molar-refractivity contribution in [3.05, 3.63) is 64.4 Å². The van der Waals surface area contributed by atoms with Crippen LogP contribution in [0.25, 0.3) is 21.5 Å². The number of nitrogens with zero attached hydrogens (tertiary/aromatic N) is 6. The van der Waals surface area contributed by atoms with E-state index in [9.17, 15) is 4.79 Å². The van der Waals surface area contributed by atoms with E-state index in [1.54, 1.807) is 6.07 Å². The molecule has 1 N–H and O–H groups in total. The second kappa shape index (κ2) is 7.02. The number of pyridine rings is 1. The fourth-order valence-corrected chi connectivity index (χ4v) is 2.68. The maximum absolute atomic E-state index is 12.3. The van der Waals surface area contributed by atoms with Crippen molar-refractivity contribution in [2.45, 2.75) is 26.4 Å². The van der Waals surface area contributed by atoms with E-state index >= 15 is 0 Å². The molecule has 0 bridgehead atoms. The number of para-hydroxylation sites is 2. The van der Waals surface area contributed by atoms with Crippen molar-refractivity contribution in [3.8, 4) is 0 Å². The van der Waals surface area contributed by atoms with Gasteiger partial charge in [-0.2, -0.15) is 0 Å². The largest absolute Gasteiger partial charge is 0.345 e. The Hall–Kier alpha value is -3.38. The highest BCUT2D eigenvalue weighted by atomic mass is 16.1. The SMILES string of the molecule is CC(C)n1c(CNC(=O)c2ccc(N=[N+]=[N-])nc2)nc2ccccc21. The van der Waals surface area contributed by atoms with Crippen LogP contribution in [0.5, 0.6) is 0 Å². The van der Waals surface area contributed by atoms with E-state index in [1.807, 2.05) is 24.3 Å². The van der Waals surface area contributed by atoms with E-state index in [0.29, 0.717) is 12.1 Å². The fraction of sp³-hybridized carbons (Fsp3) is 0.235. The molecule has 3 rings (SSSR count). The van der Waals surface area contributed by atoms with Crippen LogP contribution in [-0.2, 0) is 6.54 Å². The van der Waals surface area contributed by atoms with Crippen LogP contribution in [-0.4, -0.2) is 20.4 Å². The first-order chi connectivity index (χ1) is 12.1. The summed E-state index contributed by atoms with van der Waals surface area (Å²) in [5, 5.41) is 6.24. The molecular formula is C17H17N7O. The number of imidazole rings is 1. The van der Waals surface area contributed by atoms with Gasteiger partial charge >= 0.3 is 0 Å². The Kier molecular flexibility index (Phi) is 4.63. The predicted octanol–water partition coefficient (Wildman–Crippen LogP) is 3.88. The number of carbonyl (C=O) groups excluding carboxylic acids is 1. The molecule has 0 aliphatic carbocycles. The molecule has 0 spiro atoms. The fourth-order valence-electron chi connectivity index (χ4n) is 2.68. The van der Waals surface area contributed by atoms with Gasteiger partial charge in [-0.3, -0.25) is 9.78 Å². The van der Waals surface area contributed by atoms with Gasteiger partial charge in [-0.05, 0) is 48.8 Å². The first kappa shape index (κ1) is 16.5. The third kappa shape index (κ3) is 3.44. The van der Waals surface area contributed by atoms with Crippen molar-refractivity contribution >= 4 is 22.8 Å². The van der Waals surface area contributed by atoms with Gasteiger partial charge in [0, 0.05) is 17.2 Å². The molecule has 0 radical (unpaired) electrons. The Morgan fingerprint density at radius 1 is 1.32 bits per heavy atom. The van der Waals surface area contributed by atoms with Gasteiger partial charge in [0.05, 0.1) is 23.1 Å². The third-order valence-electron chi connectivity index (χ3n) is 3.75. The second-order valence-corrected chi connectivity index (χ2v) is 5.76. The zero-order valence-corrected chi connectivity index (χ0v) is 13.9. The summed E-state index contributed by atoms with van der Waals surface area (Å²) in [5.41, 5.74) is 10.7. The zero-order chi connectivity index (χ0) is 17.8. The van der Waals surface area contributed by atoms with Gasteiger partial charge in [-0.15, -0.1) is 0 Å². The second-order valence-electron chi connectivity index (χ2n) is 5.76. The summed E-state index contributed by atoms with van der Waals surface area (Å²) in [6, 6.07) is 11.2. The number of fused-ring (bicyclic) bond motifs is 1. The lowest BCUT2D eigenvalue weighted by Crippen LogP contribution is -2.25. The lowest BCUT2D eigenvalue weighted by molar-refractivity contribution is 0.0949. The van der Waals surface area contributed by atoms with E-state index in [1.165, 1.54) is 12.3 Å². The molecule has 0 fully saturated rings. The van der Waals surface area contributed by atoms with E-state index in [0.717, 1.165) is 16.9 Å². The van der Waals surface area contributed by atoms with Crippen LogP contribution in [0.3, 0.4) is 0 Å². The number of hydrogen-bond donors (Lipinski definition) is 1. The molecule has 1 aromatic carbocycles. The molecule has 2 heterocycles. The average Bonchev–Trinajstić information content (AvgIpc) is 2.99. The van der Waals surface area contributed by atoms with Gasteiger partial charge < -0.3 is 9.88 Å². The Balaban J connectivity index is 1.79. The predicted molar refractivity (Wildman–Crippen MR) is 94.3 cm³/mol. The minimum Gasteiger partial charge on any atom is -0.345 e. The molecule has 0 unspecified atom stereocenters. The molecule has 126 valence electrons. The van der Waals surface area contributed by atoms with E-state index in [4.69, 9.17) is 5.53 Å². The minimum absolute atomic E-state index is 0.223. The zero-order valence-electron chi connectivity index (χ0n) is 13.9. The Labute approximate surface area is 144 Å². The summed E-state index contributed by atoms with van der Waals surface area (Å²) in [5.74, 6) is 0.756. The van der Waals surface area contributed by atoms with Crippen molar-refractivity contribution in [1.29, 1.82) is 0 Å². The molecule has 0 aliphatic heterocycles. The van der Waals surface area contributed by atoms with E-state index in [-0.39, 0.29) is 17.8 Å². The van der Waals surface area contributed by atoms with Crippen LogP contribution in [0.15, 0.2) is 47.7 Å². The number of azide groups is 1. The maximum atomic E-state index is 12.3. The number of hydrogen-bond acceptors (Lipinski definition) is 4. The quantitative estimate of drug-likeness (QED) is 0.434. The highest BCUT2D eigenvalue weighted by molar-refractivity contribution is 5.94. The van der Waals surface area contributed by atoms with Crippen LogP contribution >= 0.6 is 0 Å². The number of nitrogens with one attached hydrogen (secondary N) is 1. The summed E-state index contributed by atoms with van der Waals surface area (Å²) >= 11 is 0. The Morgan fingerprint density at radius 2 is 2.12 bits per heavy atom. The molecule has 1 amide bonds. The van der Waals surface area contributed by atoms with E-state index < -0.39 is 0 Å². The van der Waals surface area contributed by atoms with Gasteiger partial charge in [-0.1, -0.05) is 12.1 Å². The first-order valence-corrected chi connectivity index (χ1v) is 7.85. The normalized spacial score (nSPS) is 10.7. The molecule has 0 aliphatic rings. The van der Waals surface area contributed by atoms with Crippen LogP contribution in [0, 0.1) is 0 Å². The number of aromatic nitrogens is 3.